The minimum Gasteiger partial charge on any atom is -0.493 e. The van der Waals surface area contributed by atoms with Gasteiger partial charge in [0, 0.05) is 4.90 Å². The number of rotatable bonds is 9. The van der Waals surface area contributed by atoms with E-state index in [1.807, 2.05) is 24.5 Å². The molecule has 0 radical (unpaired) electrons. The van der Waals surface area contributed by atoms with Crippen LogP contribution in [-0.4, -0.2) is 46.1 Å². The highest BCUT2D eigenvalue weighted by molar-refractivity contribution is 7.98. The average molecular weight is 405 g/mol. The number of nitrogens with one attached hydrogen (secondary N) is 1. The van der Waals surface area contributed by atoms with Crippen LogP contribution >= 0.6 is 11.8 Å². The van der Waals surface area contributed by atoms with Crippen LogP contribution in [0.1, 0.15) is 5.56 Å². The van der Waals surface area contributed by atoms with Gasteiger partial charge >= 0.3 is 5.97 Å². The third-order valence-electron chi connectivity index (χ3n) is 3.82. The summed E-state index contributed by atoms with van der Waals surface area (Å²) < 4.78 is 20.9. The summed E-state index contributed by atoms with van der Waals surface area (Å²) >= 11 is 1.52. The van der Waals surface area contributed by atoms with Crippen LogP contribution in [0.2, 0.25) is 0 Å². The van der Waals surface area contributed by atoms with Gasteiger partial charge in [0.2, 0.25) is 5.75 Å². The average Bonchev–Trinajstić information content (AvgIpc) is 2.71. The van der Waals surface area contributed by atoms with Gasteiger partial charge in [0.1, 0.15) is 0 Å². The Kier molecular flexibility index (Phi) is 8.01. The molecule has 0 fully saturated rings. The molecule has 0 spiro atoms. The number of esters is 1. The van der Waals surface area contributed by atoms with Crippen LogP contribution < -0.4 is 19.5 Å². The Morgan fingerprint density at radius 2 is 1.64 bits per heavy atom. The third-order valence-corrected chi connectivity index (χ3v) is 4.61. The number of thioether (sulfide) groups is 1. The van der Waals surface area contributed by atoms with Gasteiger partial charge in [0.05, 0.1) is 33.4 Å². The van der Waals surface area contributed by atoms with Gasteiger partial charge in [-0.05, 0) is 36.1 Å². The number of hydrogen-bond donors (Lipinski definition) is 1. The zero-order valence-corrected chi connectivity index (χ0v) is 17.1. The Hall–Kier alpha value is -2.87. The maximum atomic E-state index is 12.1. The van der Waals surface area contributed by atoms with E-state index in [1.165, 1.54) is 33.1 Å². The number of ether oxygens (including phenoxy) is 4. The lowest BCUT2D eigenvalue weighted by molar-refractivity contribution is -0.146. The van der Waals surface area contributed by atoms with E-state index in [4.69, 9.17) is 18.9 Å². The van der Waals surface area contributed by atoms with Crippen LogP contribution in [0.3, 0.4) is 0 Å². The van der Waals surface area contributed by atoms with Crippen molar-refractivity contribution in [3.8, 4) is 17.2 Å². The molecule has 0 aliphatic heterocycles. The van der Waals surface area contributed by atoms with E-state index in [2.05, 4.69) is 5.32 Å². The number of benzene rings is 2. The SMILES string of the molecule is COc1cc(CC(=O)OCC(=O)Nc2ccccc2SC)cc(OC)c1OC. The van der Waals surface area contributed by atoms with Gasteiger partial charge in [0.25, 0.3) is 5.91 Å². The molecule has 8 heteroatoms. The van der Waals surface area contributed by atoms with Crippen LogP contribution in [0.4, 0.5) is 5.69 Å². The van der Waals surface area contributed by atoms with Gasteiger partial charge in [0.15, 0.2) is 18.1 Å². The number of carbonyl (C=O) groups excluding carboxylic acids is 2. The van der Waals surface area contributed by atoms with E-state index in [0.717, 1.165) is 4.90 Å². The summed E-state index contributed by atoms with van der Waals surface area (Å²) in [5.41, 5.74) is 1.30. The summed E-state index contributed by atoms with van der Waals surface area (Å²) in [5, 5.41) is 2.74. The molecule has 1 amide bonds. The molecule has 0 aliphatic rings. The van der Waals surface area contributed by atoms with Gasteiger partial charge in [-0.3, -0.25) is 9.59 Å². The molecule has 28 heavy (non-hydrogen) atoms. The van der Waals surface area contributed by atoms with E-state index in [0.29, 0.717) is 28.5 Å². The fourth-order valence-electron chi connectivity index (χ4n) is 2.54. The molecule has 1 N–H and O–H groups in total. The molecule has 0 heterocycles. The second kappa shape index (κ2) is 10.5. The van der Waals surface area contributed by atoms with Crippen molar-refractivity contribution in [3.63, 3.8) is 0 Å². The summed E-state index contributed by atoms with van der Waals surface area (Å²) in [7, 11) is 4.49. The fourth-order valence-corrected chi connectivity index (χ4v) is 3.09. The Morgan fingerprint density at radius 1 is 1.00 bits per heavy atom. The van der Waals surface area contributed by atoms with Crippen LogP contribution in [0, 0.1) is 0 Å². The van der Waals surface area contributed by atoms with E-state index in [-0.39, 0.29) is 13.0 Å². The molecule has 7 nitrogen and oxygen atoms in total. The number of carbonyl (C=O) groups is 2. The first-order chi connectivity index (χ1) is 13.5. The van der Waals surface area contributed by atoms with E-state index in [1.54, 1.807) is 18.2 Å². The monoisotopic (exact) mass is 405 g/mol. The van der Waals surface area contributed by atoms with E-state index in [9.17, 15) is 9.59 Å². The minimum atomic E-state index is -0.539. The predicted molar refractivity (Wildman–Crippen MR) is 108 cm³/mol. The van der Waals surface area contributed by atoms with Crippen molar-refractivity contribution in [3.05, 3.63) is 42.0 Å². The molecule has 0 unspecified atom stereocenters. The van der Waals surface area contributed by atoms with Crippen LogP contribution in [-0.2, 0) is 20.7 Å². The molecule has 2 aromatic rings. The smallest absolute Gasteiger partial charge is 0.310 e. The molecule has 0 aromatic heterocycles. The number of anilines is 1. The van der Waals surface area contributed by atoms with Crippen molar-refractivity contribution in [2.24, 2.45) is 0 Å². The van der Waals surface area contributed by atoms with Crippen molar-refractivity contribution in [1.82, 2.24) is 0 Å². The molecule has 2 aromatic carbocycles. The van der Waals surface area contributed by atoms with Crippen molar-refractivity contribution < 1.29 is 28.5 Å². The Bertz CT molecular complexity index is 814. The Morgan fingerprint density at radius 3 is 2.21 bits per heavy atom. The number of methoxy groups -OCH3 is 3. The maximum Gasteiger partial charge on any atom is 0.310 e. The summed E-state index contributed by atoms with van der Waals surface area (Å²) in [6.07, 6.45) is 1.88. The minimum absolute atomic E-state index is 0.0363. The van der Waals surface area contributed by atoms with Gasteiger partial charge in [-0.1, -0.05) is 12.1 Å². The van der Waals surface area contributed by atoms with Crippen molar-refractivity contribution in [2.75, 3.05) is 39.5 Å². The van der Waals surface area contributed by atoms with E-state index < -0.39 is 11.9 Å². The highest BCUT2D eigenvalue weighted by Gasteiger charge is 2.16. The summed E-state index contributed by atoms with van der Waals surface area (Å²) in [5.74, 6) is 0.378. The van der Waals surface area contributed by atoms with Crippen molar-refractivity contribution in [1.29, 1.82) is 0 Å². The van der Waals surface area contributed by atoms with Gasteiger partial charge in [-0.2, -0.15) is 0 Å². The molecule has 0 saturated carbocycles. The first-order valence-corrected chi connectivity index (χ1v) is 9.62. The largest absolute Gasteiger partial charge is 0.493 e. The Balaban J connectivity index is 1.96. The number of para-hydroxylation sites is 1. The summed E-state index contributed by atoms with van der Waals surface area (Å²) in [6, 6.07) is 10.7. The Labute approximate surface area is 168 Å². The second-order valence-corrected chi connectivity index (χ2v) is 6.47. The third kappa shape index (κ3) is 5.56. The molecule has 0 aliphatic carbocycles. The maximum absolute atomic E-state index is 12.1. The molecule has 2 rings (SSSR count). The van der Waals surface area contributed by atoms with Gasteiger partial charge < -0.3 is 24.3 Å². The van der Waals surface area contributed by atoms with Crippen LogP contribution in [0.25, 0.3) is 0 Å². The van der Waals surface area contributed by atoms with Crippen molar-refractivity contribution >= 4 is 29.3 Å². The number of hydrogen-bond acceptors (Lipinski definition) is 7. The second-order valence-electron chi connectivity index (χ2n) is 5.62. The normalized spacial score (nSPS) is 10.1. The quantitative estimate of drug-likeness (QED) is 0.507. The molecule has 0 bridgehead atoms. The predicted octanol–water partition coefficient (Wildman–Crippen LogP) is 3.16. The standard InChI is InChI=1S/C20H23NO6S/c1-24-15-9-13(10-16(25-2)20(15)26-3)11-19(23)27-12-18(22)21-14-7-5-6-8-17(14)28-4/h5-10H,11-12H2,1-4H3,(H,21,22). The first kappa shape index (κ1) is 21.4. The lowest BCUT2D eigenvalue weighted by atomic mass is 10.1. The van der Waals surface area contributed by atoms with Crippen LogP contribution in [0.5, 0.6) is 17.2 Å². The lowest BCUT2D eigenvalue weighted by Crippen LogP contribution is -2.22. The fraction of sp³-hybridized carbons (Fsp3) is 0.300. The molecular weight excluding hydrogens is 382 g/mol. The highest BCUT2D eigenvalue weighted by atomic mass is 32.2. The zero-order chi connectivity index (χ0) is 20.5. The van der Waals surface area contributed by atoms with E-state index >= 15 is 0 Å². The lowest BCUT2D eigenvalue weighted by Gasteiger charge is -2.14. The number of amides is 1. The van der Waals surface area contributed by atoms with Gasteiger partial charge in [-0.25, -0.2) is 0 Å². The van der Waals surface area contributed by atoms with Crippen molar-refractivity contribution in [2.45, 2.75) is 11.3 Å². The summed E-state index contributed by atoms with van der Waals surface area (Å²) in [4.78, 5) is 25.1. The van der Waals surface area contributed by atoms with Gasteiger partial charge in [-0.15, -0.1) is 11.8 Å². The molecule has 150 valence electrons. The molecule has 0 saturated heterocycles. The molecule has 0 atom stereocenters. The molecular formula is C20H23NO6S. The van der Waals surface area contributed by atoms with Crippen LogP contribution in [0.15, 0.2) is 41.3 Å². The zero-order valence-electron chi connectivity index (χ0n) is 16.2. The topological polar surface area (TPSA) is 83.1 Å². The first-order valence-electron chi connectivity index (χ1n) is 8.39. The highest BCUT2D eigenvalue weighted by Crippen LogP contribution is 2.38. The summed E-state index contributed by atoms with van der Waals surface area (Å²) in [6.45, 7) is -0.369.